The van der Waals surface area contributed by atoms with Gasteiger partial charge in [-0.1, -0.05) is 43.3 Å². The molecule has 0 aliphatic rings. The van der Waals surface area contributed by atoms with Gasteiger partial charge in [0.15, 0.2) is 0 Å². The van der Waals surface area contributed by atoms with Crippen LogP contribution in [0.5, 0.6) is 0 Å². The molecular weight excluding hydrogens is 271 g/mol. The Kier molecular flexibility index (Phi) is 3.14. The number of fused-ring (bicyclic) bond motifs is 2. The molecule has 0 aliphatic carbocycles. The van der Waals surface area contributed by atoms with E-state index < -0.39 is 7.60 Å². The largest absolute Gasteiger partial charge is 0.357 e. The predicted octanol–water partition coefficient (Wildman–Crippen LogP) is 3.36. The number of hydrogen-bond acceptors (Lipinski definition) is 1. The van der Waals surface area contributed by atoms with Crippen LogP contribution >= 0.6 is 7.60 Å². The summed E-state index contributed by atoms with van der Waals surface area (Å²) in [5.41, 5.74) is 0.709. The highest BCUT2D eigenvalue weighted by Crippen LogP contribution is 2.39. The zero-order valence-electron chi connectivity index (χ0n) is 11.1. The van der Waals surface area contributed by atoms with Gasteiger partial charge in [-0.3, -0.25) is 4.57 Å². The highest BCUT2D eigenvalue weighted by molar-refractivity contribution is 7.61. The predicted molar refractivity (Wildman–Crippen MR) is 82.5 cm³/mol. The highest BCUT2D eigenvalue weighted by Gasteiger charge is 2.24. The summed E-state index contributed by atoms with van der Waals surface area (Å²) >= 11 is 0. The fourth-order valence-corrected chi connectivity index (χ4v) is 3.79. The van der Waals surface area contributed by atoms with E-state index in [2.05, 4.69) is 0 Å². The van der Waals surface area contributed by atoms with Crippen molar-refractivity contribution in [3.63, 3.8) is 0 Å². The minimum absolute atomic E-state index is 0.170. The molecule has 0 unspecified atom stereocenters. The average molecular weight is 286 g/mol. The molecule has 3 aromatic rings. The zero-order valence-corrected chi connectivity index (χ0v) is 12.0. The lowest BCUT2D eigenvalue weighted by atomic mass is 10.0. The van der Waals surface area contributed by atoms with Crippen molar-refractivity contribution >= 4 is 34.4 Å². The fourth-order valence-electron chi connectivity index (χ4n) is 2.67. The molecule has 0 heterocycles. The molecule has 0 bridgehead atoms. The van der Waals surface area contributed by atoms with Crippen molar-refractivity contribution in [2.45, 2.75) is 13.3 Å². The van der Waals surface area contributed by atoms with Gasteiger partial charge in [0.2, 0.25) is 0 Å². The second kappa shape index (κ2) is 4.71. The van der Waals surface area contributed by atoms with Crippen LogP contribution in [0.3, 0.4) is 0 Å². The summed E-state index contributed by atoms with van der Waals surface area (Å²) in [6.07, 6.45) is 0.600. The Hall–Kier alpha value is -1.67. The standard InChI is InChI=1S/C16H15O3P/c1-2-11-7-8-14-9-12-5-3-4-6-13(12)10-15(14)16(11)20(17,18)19/h3-10H,2H2,1H3,(H2,17,18,19). The quantitative estimate of drug-likeness (QED) is 0.561. The van der Waals surface area contributed by atoms with Crippen LogP contribution in [0.2, 0.25) is 0 Å². The van der Waals surface area contributed by atoms with Gasteiger partial charge < -0.3 is 9.79 Å². The van der Waals surface area contributed by atoms with Gasteiger partial charge >= 0.3 is 7.60 Å². The Bertz CT molecular complexity index is 849. The molecule has 0 amide bonds. The molecule has 20 heavy (non-hydrogen) atoms. The Balaban J connectivity index is 2.49. The number of benzene rings is 3. The molecule has 3 aromatic carbocycles. The summed E-state index contributed by atoms with van der Waals surface area (Å²) in [6.45, 7) is 1.90. The first-order valence-corrected chi connectivity index (χ1v) is 8.12. The van der Waals surface area contributed by atoms with Crippen LogP contribution in [0.15, 0.2) is 48.5 Å². The molecule has 0 saturated carbocycles. The van der Waals surface area contributed by atoms with Gasteiger partial charge in [0.25, 0.3) is 0 Å². The van der Waals surface area contributed by atoms with E-state index in [1.54, 1.807) is 0 Å². The van der Waals surface area contributed by atoms with Crippen LogP contribution in [0.25, 0.3) is 21.5 Å². The first-order valence-electron chi connectivity index (χ1n) is 6.51. The van der Waals surface area contributed by atoms with Crippen molar-refractivity contribution in [1.82, 2.24) is 0 Å². The van der Waals surface area contributed by atoms with Crippen LogP contribution in [-0.2, 0) is 11.0 Å². The smallest absolute Gasteiger partial charge is 0.321 e. The summed E-state index contributed by atoms with van der Waals surface area (Å²) in [4.78, 5) is 19.4. The zero-order chi connectivity index (χ0) is 14.3. The lowest BCUT2D eigenvalue weighted by Crippen LogP contribution is -2.12. The van der Waals surface area contributed by atoms with Gasteiger partial charge in [-0.25, -0.2) is 0 Å². The molecule has 0 fully saturated rings. The van der Waals surface area contributed by atoms with Gasteiger partial charge in [-0.15, -0.1) is 0 Å². The average Bonchev–Trinajstić information content (AvgIpc) is 2.42. The molecule has 3 nitrogen and oxygen atoms in total. The maximum atomic E-state index is 11.9. The maximum Gasteiger partial charge on any atom is 0.357 e. The number of aryl methyl sites for hydroxylation is 1. The third kappa shape index (κ3) is 2.14. The van der Waals surface area contributed by atoms with Gasteiger partial charge in [0.05, 0.1) is 5.30 Å². The van der Waals surface area contributed by atoms with Crippen molar-refractivity contribution in [3.05, 3.63) is 54.1 Å². The van der Waals surface area contributed by atoms with Crippen LogP contribution in [0.1, 0.15) is 12.5 Å². The maximum absolute atomic E-state index is 11.9. The minimum atomic E-state index is -4.30. The van der Waals surface area contributed by atoms with Crippen molar-refractivity contribution in [2.75, 3.05) is 0 Å². The lowest BCUT2D eigenvalue weighted by Gasteiger charge is -2.14. The van der Waals surface area contributed by atoms with E-state index in [1.807, 2.05) is 55.5 Å². The molecule has 0 saturated heterocycles. The van der Waals surface area contributed by atoms with Gasteiger partial charge in [-0.2, -0.15) is 0 Å². The number of rotatable bonds is 2. The van der Waals surface area contributed by atoms with E-state index in [0.29, 0.717) is 17.4 Å². The van der Waals surface area contributed by atoms with Crippen LogP contribution < -0.4 is 5.30 Å². The van der Waals surface area contributed by atoms with Crippen LogP contribution in [0, 0.1) is 0 Å². The summed E-state index contributed by atoms with van der Waals surface area (Å²) in [7, 11) is -4.30. The SMILES string of the molecule is CCc1ccc2cc3ccccc3cc2c1P(=O)(O)O. The van der Waals surface area contributed by atoms with E-state index in [1.165, 1.54) is 0 Å². The van der Waals surface area contributed by atoms with Crippen LogP contribution in [-0.4, -0.2) is 9.79 Å². The third-order valence-electron chi connectivity index (χ3n) is 3.61. The van der Waals surface area contributed by atoms with Gasteiger partial charge in [-0.05, 0) is 45.7 Å². The first-order chi connectivity index (χ1) is 9.50. The molecule has 3 rings (SSSR count). The lowest BCUT2D eigenvalue weighted by molar-refractivity contribution is 0.387. The third-order valence-corrected chi connectivity index (χ3v) is 4.72. The number of hydrogen-bond donors (Lipinski definition) is 2. The molecule has 0 radical (unpaired) electrons. The Morgan fingerprint density at radius 2 is 1.60 bits per heavy atom. The Morgan fingerprint density at radius 3 is 2.20 bits per heavy atom. The van der Waals surface area contributed by atoms with Crippen molar-refractivity contribution in [2.24, 2.45) is 0 Å². The molecule has 4 heteroatoms. The topological polar surface area (TPSA) is 57.5 Å². The molecule has 0 spiro atoms. The molecule has 2 N–H and O–H groups in total. The summed E-state index contributed by atoms with van der Waals surface area (Å²) in [6, 6.07) is 15.4. The first kappa shape index (κ1) is 13.3. The normalized spacial score (nSPS) is 12.2. The van der Waals surface area contributed by atoms with E-state index in [4.69, 9.17) is 0 Å². The van der Waals surface area contributed by atoms with E-state index in [9.17, 15) is 14.4 Å². The minimum Gasteiger partial charge on any atom is -0.321 e. The monoisotopic (exact) mass is 286 g/mol. The Morgan fingerprint density at radius 1 is 0.950 bits per heavy atom. The van der Waals surface area contributed by atoms with Crippen molar-refractivity contribution < 1.29 is 14.4 Å². The molecule has 0 atom stereocenters. The molecular formula is C16H15O3P. The van der Waals surface area contributed by atoms with E-state index >= 15 is 0 Å². The van der Waals surface area contributed by atoms with E-state index in [-0.39, 0.29) is 5.30 Å². The van der Waals surface area contributed by atoms with Gasteiger partial charge in [0.1, 0.15) is 0 Å². The Labute approximate surface area is 117 Å². The van der Waals surface area contributed by atoms with Crippen LogP contribution in [0.4, 0.5) is 0 Å². The van der Waals surface area contributed by atoms with E-state index in [0.717, 1.165) is 16.2 Å². The second-order valence-electron chi connectivity index (χ2n) is 4.89. The summed E-state index contributed by atoms with van der Waals surface area (Å²) < 4.78 is 11.9. The summed E-state index contributed by atoms with van der Waals surface area (Å²) in [5, 5.41) is 3.74. The second-order valence-corrected chi connectivity index (χ2v) is 6.43. The van der Waals surface area contributed by atoms with Crippen molar-refractivity contribution in [1.29, 1.82) is 0 Å². The molecule has 0 aliphatic heterocycles. The molecule has 102 valence electrons. The fraction of sp³-hybridized carbons (Fsp3) is 0.125. The van der Waals surface area contributed by atoms with Crippen molar-refractivity contribution in [3.8, 4) is 0 Å². The summed E-state index contributed by atoms with van der Waals surface area (Å²) in [5.74, 6) is 0. The van der Waals surface area contributed by atoms with Gasteiger partial charge in [0, 0.05) is 0 Å². The highest BCUT2D eigenvalue weighted by atomic mass is 31.2. The molecule has 0 aromatic heterocycles.